The van der Waals surface area contributed by atoms with Crippen LogP contribution in [0.4, 0.5) is 0 Å². The normalized spacial score (nSPS) is 11.1. The number of hydrogen-bond acceptors (Lipinski definition) is 3. The molecule has 1 heterocycles. The summed E-state index contributed by atoms with van der Waals surface area (Å²) in [4.78, 5) is 4.74. The number of hydrogen-bond donors (Lipinski definition) is 2. The van der Waals surface area contributed by atoms with E-state index in [4.69, 9.17) is 9.73 Å². The number of rotatable bonds is 11. The van der Waals surface area contributed by atoms with Crippen LogP contribution in [-0.2, 0) is 17.8 Å². The first kappa shape index (κ1) is 23.4. The molecule has 0 aliphatic rings. The zero-order chi connectivity index (χ0) is 18.5. The van der Waals surface area contributed by atoms with Crippen molar-refractivity contribution < 1.29 is 4.74 Å². The van der Waals surface area contributed by atoms with Gasteiger partial charge < -0.3 is 15.4 Å². The van der Waals surface area contributed by atoms with Gasteiger partial charge in [-0.1, -0.05) is 24.3 Å². The summed E-state index contributed by atoms with van der Waals surface area (Å²) in [5.41, 5.74) is 2.46. The van der Waals surface area contributed by atoms with Crippen LogP contribution in [0.2, 0.25) is 0 Å². The van der Waals surface area contributed by atoms with Gasteiger partial charge in [0, 0.05) is 38.7 Å². The molecule has 0 radical (unpaired) electrons. The number of guanidine groups is 1. The number of nitrogens with zero attached hydrogens (tertiary/aromatic N) is 3. The summed E-state index contributed by atoms with van der Waals surface area (Å²) in [7, 11) is 0. The summed E-state index contributed by atoms with van der Waals surface area (Å²) in [6, 6.07) is 10.3. The lowest BCUT2D eigenvalue weighted by molar-refractivity contribution is 0.143. The molecule has 0 atom stereocenters. The van der Waals surface area contributed by atoms with Crippen LogP contribution >= 0.6 is 24.0 Å². The average molecular weight is 485 g/mol. The lowest BCUT2D eigenvalue weighted by Crippen LogP contribution is -2.37. The molecule has 0 unspecified atom stereocenters. The molecule has 0 aliphatic heterocycles. The molecule has 150 valence electrons. The zero-order valence-corrected chi connectivity index (χ0v) is 18.7. The second kappa shape index (κ2) is 14.4. The molecule has 0 amide bonds. The van der Waals surface area contributed by atoms with E-state index in [9.17, 15) is 0 Å². The monoisotopic (exact) mass is 485 g/mol. The van der Waals surface area contributed by atoms with E-state index >= 15 is 0 Å². The topological polar surface area (TPSA) is 63.5 Å². The summed E-state index contributed by atoms with van der Waals surface area (Å²) in [5, 5.41) is 11.0. The molecule has 6 nitrogen and oxygen atoms in total. The maximum atomic E-state index is 5.37. The first-order chi connectivity index (χ1) is 12.8. The smallest absolute Gasteiger partial charge is 0.191 e. The van der Waals surface area contributed by atoms with Crippen molar-refractivity contribution in [2.75, 3.05) is 26.3 Å². The molecule has 0 saturated carbocycles. The van der Waals surface area contributed by atoms with Crippen molar-refractivity contribution in [2.45, 2.75) is 39.8 Å². The Labute approximate surface area is 179 Å². The Morgan fingerprint density at radius 3 is 2.63 bits per heavy atom. The molecule has 0 spiro atoms. The van der Waals surface area contributed by atoms with Crippen molar-refractivity contribution in [2.24, 2.45) is 4.99 Å². The van der Waals surface area contributed by atoms with Crippen LogP contribution in [0.15, 0.2) is 47.7 Å². The van der Waals surface area contributed by atoms with Crippen molar-refractivity contribution in [3.63, 3.8) is 0 Å². The van der Waals surface area contributed by atoms with Crippen molar-refractivity contribution in [1.82, 2.24) is 20.4 Å². The standard InChI is InChI=1S/C20H31N5O.HI/c1-3-21-20(22-12-7-8-15-26-4-2)23-16-18-10-5-6-11-19(18)17-25-14-9-13-24-25;/h5-6,9-11,13-14H,3-4,7-8,12,15-17H2,1-2H3,(H2,21,22,23);1H. The average Bonchev–Trinajstić information content (AvgIpc) is 3.16. The second-order valence-electron chi connectivity index (χ2n) is 6.00. The molecular weight excluding hydrogens is 453 g/mol. The highest BCUT2D eigenvalue weighted by atomic mass is 127. The molecule has 0 saturated heterocycles. The van der Waals surface area contributed by atoms with E-state index in [1.165, 1.54) is 11.1 Å². The number of halogens is 1. The lowest BCUT2D eigenvalue weighted by Gasteiger charge is -2.12. The first-order valence-corrected chi connectivity index (χ1v) is 9.47. The largest absolute Gasteiger partial charge is 0.382 e. The Hall–Kier alpha value is -1.61. The fourth-order valence-corrected chi connectivity index (χ4v) is 2.62. The number of aromatic nitrogens is 2. The van der Waals surface area contributed by atoms with Gasteiger partial charge in [0.1, 0.15) is 0 Å². The Morgan fingerprint density at radius 1 is 1.11 bits per heavy atom. The van der Waals surface area contributed by atoms with Gasteiger partial charge in [-0.15, -0.1) is 24.0 Å². The maximum Gasteiger partial charge on any atom is 0.191 e. The number of benzene rings is 1. The maximum absolute atomic E-state index is 5.37. The van der Waals surface area contributed by atoms with E-state index in [0.717, 1.165) is 51.6 Å². The zero-order valence-electron chi connectivity index (χ0n) is 16.4. The number of unbranched alkanes of at least 4 members (excludes halogenated alkanes) is 1. The molecule has 1 aromatic carbocycles. The predicted molar refractivity (Wildman–Crippen MR) is 122 cm³/mol. The lowest BCUT2D eigenvalue weighted by atomic mass is 10.1. The van der Waals surface area contributed by atoms with E-state index in [1.54, 1.807) is 6.20 Å². The molecular formula is C20H32IN5O. The molecule has 0 bridgehead atoms. The van der Waals surface area contributed by atoms with E-state index in [1.807, 2.05) is 23.9 Å². The Bertz CT molecular complexity index is 646. The van der Waals surface area contributed by atoms with Crippen LogP contribution < -0.4 is 10.6 Å². The minimum absolute atomic E-state index is 0. The van der Waals surface area contributed by atoms with Crippen LogP contribution in [0.5, 0.6) is 0 Å². The van der Waals surface area contributed by atoms with Gasteiger partial charge in [0.25, 0.3) is 0 Å². The van der Waals surface area contributed by atoms with E-state index in [-0.39, 0.29) is 24.0 Å². The first-order valence-electron chi connectivity index (χ1n) is 9.47. The number of aliphatic imine (C=N–C) groups is 1. The quantitative estimate of drug-likeness (QED) is 0.222. The van der Waals surface area contributed by atoms with Gasteiger partial charge in [-0.2, -0.15) is 5.10 Å². The summed E-state index contributed by atoms with van der Waals surface area (Å²) < 4.78 is 7.30. The highest BCUT2D eigenvalue weighted by Crippen LogP contribution is 2.11. The Kier molecular flexibility index (Phi) is 12.5. The van der Waals surface area contributed by atoms with Crippen LogP contribution in [0, 0.1) is 0 Å². The molecule has 2 N–H and O–H groups in total. The van der Waals surface area contributed by atoms with Crippen LogP contribution in [0.25, 0.3) is 0 Å². The van der Waals surface area contributed by atoms with Gasteiger partial charge in [-0.25, -0.2) is 4.99 Å². The van der Waals surface area contributed by atoms with Gasteiger partial charge in [0.05, 0.1) is 13.1 Å². The van der Waals surface area contributed by atoms with Gasteiger partial charge in [-0.05, 0) is 43.9 Å². The Morgan fingerprint density at radius 2 is 1.93 bits per heavy atom. The van der Waals surface area contributed by atoms with Crippen molar-refractivity contribution in [3.05, 3.63) is 53.9 Å². The van der Waals surface area contributed by atoms with Crippen molar-refractivity contribution >= 4 is 29.9 Å². The van der Waals surface area contributed by atoms with Gasteiger partial charge in [0.15, 0.2) is 5.96 Å². The van der Waals surface area contributed by atoms with E-state index in [0.29, 0.717) is 6.54 Å². The highest BCUT2D eigenvalue weighted by molar-refractivity contribution is 14.0. The van der Waals surface area contributed by atoms with Gasteiger partial charge >= 0.3 is 0 Å². The SMILES string of the molecule is CCNC(=NCc1ccccc1Cn1cccn1)NCCCCOCC.I. The summed E-state index contributed by atoms with van der Waals surface area (Å²) in [5.74, 6) is 0.859. The molecule has 27 heavy (non-hydrogen) atoms. The second-order valence-corrected chi connectivity index (χ2v) is 6.00. The number of nitrogens with one attached hydrogen (secondary N) is 2. The minimum atomic E-state index is 0. The molecule has 7 heteroatoms. The van der Waals surface area contributed by atoms with Crippen LogP contribution in [-0.4, -0.2) is 42.0 Å². The van der Waals surface area contributed by atoms with Gasteiger partial charge in [0.2, 0.25) is 0 Å². The van der Waals surface area contributed by atoms with Crippen molar-refractivity contribution in [3.8, 4) is 0 Å². The summed E-state index contributed by atoms with van der Waals surface area (Å²) in [6.45, 7) is 8.87. The predicted octanol–water partition coefficient (Wildman–Crippen LogP) is 3.42. The molecule has 2 aromatic rings. The fourth-order valence-electron chi connectivity index (χ4n) is 2.62. The number of ether oxygens (including phenoxy) is 1. The molecule has 1 aromatic heterocycles. The third-order valence-electron chi connectivity index (χ3n) is 3.97. The molecule has 2 rings (SSSR count). The van der Waals surface area contributed by atoms with Crippen LogP contribution in [0.1, 0.15) is 37.8 Å². The highest BCUT2D eigenvalue weighted by Gasteiger charge is 2.04. The fraction of sp³-hybridized carbons (Fsp3) is 0.500. The van der Waals surface area contributed by atoms with Gasteiger partial charge in [-0.3, -0.25) is 4.68 Å². The molecule has 0 fully saturated rings. The summed E-state index contributed by atoms with van der Waals surface area (Å²) in [6.07, 6.45) is 5.92. The third kappa shape index (κ3) is 9.23. The summed E-state index contributed by atoms with van der Waals surface area (Å²) >= 11 is 0. The van der Waals surface area contributed by atoms with E-state index in [2.05, 4.69) is 46.9 Å². The third-order valence-corrected chi connectivity index (χ3v) is 3.97. The molecule has 0 aliphatic carbocycles. The minimum Gasteiger partial charge on any atom is -0.382 e. The van der Waals surface area contributed by atoms with Crippen LogP contribution in [0.3, 0.4) is 0 Å². The Balaban J connectivity index is 0.00000364. The van der Waals surface area contributed by atoms with E-state index < -0.39 is 0 Å². The van der Waals surface area contributed by atoms with Crippen molar-refractivity contribution in [1.29, 1.82) is 0 Å².